The monoisotopic (exact) mass is 525 g/mol. The molecule has 30 heavy (non-hydrogen) atoms. The standard InChI is InChI=1S/C22H35N7.HI/c1-6-23-21(24-15-20-25-16-26-28(20)5)27-18-11-13-29(14-12-18)19-9-7-17(8-10-19)22(2,3)4;/h7-10,16,18H,6,11-15H2,1-5H3,(H2,23,24,27);1H. The molecule has 8 heteroatoms. The molecule has 2 N–H and O–H groups in total. The first kappa shape index (κ1) is 24.4. The fraction of sp³-hybridized carbons (Fsp3) is 0.591. The number of aryl methyl sites for hydroxylation is 1. The molecule has 1 fully saturated rings. The Morgan fingerprint density at radius 3 is 2.37 bits per heavy atom. The van der Waals surface area contributed by atoms with Gasteiger partial charge in [-0.15, -0.1) is 24.0 Å². The maximum Gasteiger partial charge on any atom is 0.191 e. The van der Waals surface area contributed by atoms with Crippen molar-refractivity contribution in [2.75, 3.05) is 24.5 Å². The Bertz CT molecular complexity index is 800. The van der Waals surface area contributed by atoms with Crippen molar-refractivity contribution in [1.82, 2.24) is 25.4 Å². The average Bonchev–Trinajstić information content (AvgIpc) is 3.11. The quantitative estimate of drug-likeness (QED) is 0.356. The molecule has 0 aliphatic carbocycles. The van der Waals surface area contributed by atoms with Crippen LogP contribution in [0.4, 0.5) is 5.69 Å². The third-order valence-electron chi connectivity index (χ3n) is 5.46. The van der Waals surface area contributed by atoms with E-state index in [1.165, 1.54) is 11.3 Å². The van der Waals surface area contributed by atoms with E-state index in [0.29, 0.717) is 12.6 Å². The van der Waals surface area contributed by atoms with Crippen LogP contribution in [0.3, 0.4) is 0 Å². The summed E-state index contributed by atoms with van der Waals surface area (Å²) in [6.07, 6.45) is 3.75. The first-order valence-electron chi connectivity index (χ1n) is 10.6. The van der Waals surface area contributed by atoms with Crippen LogP contribution in [0, 0.1) is 0 Å². The van der Waals surface area contributed by atoms with Gasteiger partial charge in [0.25, 0.3) is 0 Å². The van der Waals surface area contributed by atoms with Crippen molar-refractivity contribution in [1.29, 1.82) is 0 Å². The van der Waals surface area contributed by atoms with Crippen molar-refractivity contribution < 1.29 is 0 Å². The lowest BCUT2D eigenvalue weighted by molar-refractivity contribution is 0.461. The van der Waals surface area contributed by atoms with Crippen LogP contribution >= 0.6 is 24.0 Å². The van der Waals surface area contributed by atoms with Crippen LogP contribution in [0.5, 0.6) is 0 Å². The number of anilines is 1. The highest BCUT2D eigenvalue weighted by Crippen LogP contribution is 2.26. The maximum absolute atomic E-state index is 4.68. The van der Waals surface area contributed by atoms with E-state index in [-0.39, 0.29) is 29.4 Å². The number of hydrogen-bond donors (Lipinski definition) is 2. The molecule has 0 unspecified atom stereocenters. The Morgan fingerprint density at radius 2 is 1.83 bits per heavy atom. The number of hydrogen-bond acceptors (Lipinski definition) is 4. The second kappa shape index (κ2) is 11.0. The number of nitrogens with zero attached hydrogens (tertiary/aromatic N) is 5. The van der Waals surface area contributed by atoms with Gasteiger partial charge in [-0.1, -0.05) is 32.9 Å². The van der Waals surface area contributed by atoms with Gasteiger partial charge in [-0.05, 0) is 42.9 Å². The van der Waals surface area contributed by atoms with Gasteiger partial charge >= 0.3 is 0 Å². The Kier molecular flexibility index (Phi) is 8.93. The van der Waals surface area contributed by atoms with E-state index < -0.39 is 0 Å². The summed E-state index contributed by atoms with van der Waals surface area (Å²) in [7, 11) is 1.89. The number of guanidine groups is 1. The molecule has 2 heterocycles. The Labute approximate surface area is 197 Å². The van der Waals surface area contributed by atoms with E-state index in [9.17, 15) is 0 Å². The summed E-state index contributed by atoms with van der Waals surface area (Å²) in [5.41, 5.74) is 2.90. The van der Waals surface area contributed by atoms with Gasteiger partial charge in [-0.3, -0.25) is 4.68 Å². The van der Waals surface area contributed by atoms with Crippen LogP contribution in [0.15, 0.2) is 35.6 Å². The molecule has 0 radical (unpaired) electrons. The average molecular weight is 525 g/mol. The lowest BCUT2D eigenvalue weighted by Crippen LogP contribution is -2.48. The summed E-state index contributed by atoms with van der Waals surface area (Å²) in [5.74, 6) is 1.71. The van der Waals surface area contributed by atoms with Crippen molar-refractivity contribution in [2.45, 2.75) is 58.5 Å². The Hall–Kier alpha value is -1.84. The van der Waals surface area contributed by atoms with Gasteiger partial charge in [0.1, 0.15) is 18.7 Å². The topological polar surface area (TPSA) is 70.4 Å². The number of benzene rings is 1. The number of aromatic nitrogens is 3. The van der Waals surface area contributed by atoms with Crippen LogP contribution in [-0.4, -0.2) is 46.4 Å². The predicted octanol–water partition coefficient (Wildman–Crippen LogP) is 3.45. The normalized spacial score (nSPS) is 15.6. The van der Waals surface area contributed by atoms with Crippen molar-refractivity contribution in [3.63, 3.8) is 0 Å². The highest BCUT2D eigenvalue weighted by atomic mass is 127. The largest absolute Gasteiger partial charge is 0.371 e. The van der Waals surface area contributed by atoms with E-state index in [0.717, 1.165) is 44.3 Å². The molecule has 0 bridgehead atoms. The summed E-state index contributed by atoms with van der Waals surface area (Å²) in [4.78, 5) is 11.4. The van der Waals surface area contributed by atoms with Crippen LogP contribution in [0.2, 0.25) is 0 Å². The van der Waals surface area contributed by atoms with Crippen molar-refractivity contribution in [2.24, 2.45) is 12.0 Å². The van der Waals surface area contributed by atoms with Gasteiger partial charge in [0.15, 0.2) is 5.96 Å². The van der Waals surface area contributed by atoms with Crippen LogP contribution in [-0.2, 0) is 19.0 Å². The number of halogens is 1. The Balaban J connectivity index is 0.00000320. The van der Waals surface area contributed by atoms with Gasteiger partial charge in [-0.2, -0.15) is 5.10 Å². The summed E-state index contributed by atoms with van der Waals surface area (Å²) in [5, 5.41) is 11.0. The molecule has 166 valence electrons. The molecular weight excluding hydrogens is 489 g/mol. The van der Waals surface area contributed by atoms with E-state index in [2.05, 4.69) is 82.6 Å². The predicted molar refractivity (Wildman–Crippen MR) is 135 cm³/mol. The highest BCUT2D eigenvalue weighted by molar-refractivity contribution is 14.0. The molecular formula is C22H36IN7. The SMILES string of the molecule is CCNC(=NCc1ncnn1C)NC1CCN(c2ccc(C(C)(C)C)cc2)CC1.I. The number of aliphatic imine (C=N–C) groups is 1. The highest BCUT2D eigenvalue weighted by Gasteiger charge is 2.21. The van der Waals surface area contributed by atoms with Gasteiger partial charge < -0.3 is 15.5 Å². The first-order chi connectivity index (χ1) is 13.9. The van der Waals surface area contributed by atoms with Crippen LogP contribution in [0.25, 0.3) is 0 Å². The fourth-order valence-electron chi connectivity index (χ4n) is 3.58. The van der Waals surface area contributed by atoms with E-state index >= 15 is 0 Å². The van der Waals surface area contributed by atoms with Crippen molar-refractivity contribution >= 4 is 35.6 Å². The zero-order valence-electron chi connectivity index (χ0n) is 18.9. The minimum absolute atomic E-state index is 0. The Morgan fingerprint density at radius 1 is 1.17 bits per heavy atom. The zero-order chi connectivity index (χ0) is 20.9. The molecule has 1 saturated heterocycles. The summed E-state index contributed by atoms with van der Waals surface area (Å²) >= 11 is 0. The minimum atomic E-state index is 0. The third-order valence-corrected chi connectivity index (χ3v) is 5.46. The lowest BCUT2D eigenvalue weighted by atomic mass is 9.87. The van der Waals surface area contributed by atoms with Gasteiger partial charge in [0.05, 0.1) is 0 Å². The van der Waals surface area contributed by atoms with E-state index in [1.807, 2.05) is 7.05 Å². The maximum atomic E-state index is 4.68. The molecule has 0 amide bonds. The summed E-state index contributed by atoms with van der Waals surface area (Å²) in [6.45, 7) is 12.3. The molecule has 7 nitrogen and oxygen atoms in total. The fourth-order valence-corrected chi connectivity index (χ4v) is 3.58. The zero-order valence-corrected chi connectivity index (χ0v) is 21.2. The second-order valence-electron chi connectivity index (χ2n) is 8.70. The summed E-state index contributed by atoms with van der Waals surface area (Å²) < 4.78 is 1.76. The molecule has 1 aromatic carbocycles. The second-order valence-corrected chi connectivity index (χ2v) is 8.70. The molecule has 2 aromatic rings. The van der Waals surface area contributed by atoms with E-state index in [1.54, 1.807) is 11.0 Å². The molecule has 1 aliphatic rings. The first-order valence-corrected chi connectivity index (χ1v) is 10.6. The molecule has 1 aromatic heterocycles. The van der Waals surface area contributed by atoms with E-state index in [4.69, 9.17) is 0 Å². The molecule has 0 atom stereocenters. The van der Waals surface area contributed by atoms with Crippen molar-refractivity contribution in [3.05, 3.63) is 42.0 Å². The number of nitrogens with one attached hydrogen (secondary N) is 2. The number of rotatable bonds is 5. The lowest BCUT2D eigenvalue weighted by Gasteiger charge is -2.35. The molecule has 0 spiro atoms. The van der Waals surface area contributed by atoms with Crippen LogP contribution < -0.4 is 15.5 Å². The van der Waals surface area contributed by atoms with Gasteiger partial charge in [0, 0.05) is 38.4 Å². The van der Waals surface area contributed by atoms with Gasteiger partial charge in [0.2, 0.25) is 0 Å². The molecule has 0 saturated carbocycles. The minimum Gasteiger partial charge on any atom is -0.371 e. The van der Waals surface area contributed by atoms with Crippen molar-refractivity contribution in [3.8, 4) is 0 Å². The number of piperidine rings is 1. The summed E-state index contributed by atoms with van der Waals surface area (Å²) in [6, 6.07) is 9.49. The van der Waals surface area contributed by atoms with Gasteiger partial charge in [-0.25, -0.2) is 9.98 Å². The molecule has 1 aliphatic heterocycles. The molecule has 3 rings (SSSR count). The van der Waals surface area contributed by atoms with Crippen LogP contribution in [0.1, 0.15) is 51.9 Å². The third kappa shape index (κ3) is 6.58. The smallest absolute Gasteiger partial charge is 0.191 e.